The minimum Gasteiger partial charge on any atom is -0.508 e. The average Bonchev–Trinajstić information content (AvgIpc) is 2.61. The smallest absolute Gasteiger partial charge is 0.228 e. The topological polar surface area (TPSA) is 65.5 Å². The lowest BCUT2D eigenvalue weighted by Gasteiger charge is -2.23. The van der Waals surface area contributed by atoms with Crippen LogP contribution in [-0.4, -0.2) is 27.4 Å². The number of carbonyl (C=O) groups is 1. The molecule has 0 saturated heterocycles. The summed E-state index contributed by atoms with van der Waals surface area (Å²) in [7, 11) is 0. The highest BCUT2D eigenvalue weighted by Gasteiger charge is 2.11. The third-order valence-electron chi connectivity index (χ3n) is 3.82. The lowest BCUT2D eigenvalue weighted by molar-refractivity contribution is -0.119. The van der Waals surface area contributed by atoms with Gasteiger partial charge in [0.1, 0.15) is 5.75 Å². The molecule has 0 fully saturated rings. The van der Waals surface area contributed by atoms with Crippen molar-refractivity contribution in [2.75, 3.05) is 6.54 Å². The Labute approximate surface area is 151 Å². The van der Waals surface area contributed by atoms with Crippen LogP contribution in [0.3, 0.4) is 0 Å². The van der Waals surface area contributed by atoms with Crippen molar-refractivity contribution in [1.29, 1.82) is 0 Å². The van der Waals surface area contributed by atoms with Crippen molar-refractivity contribution in [1.82, 2.24) is 15.2 Å². The molecule has 0 bridgehead atoms. The van der Waals surface area contributed by atoms with Crippen LogP contribution in [0, 0.1) is 0 Å². The number of benzene rings is 1. The number of phenolic OH excluding ortho intramolecular Hbond substituents is 1. The number of hydrogen-bond acceptors (Lipinski definition) is 4. The van der Waals surface area contributed by atoms with Crippen LogP contribution in [0.2, 0.25) is 5.02 Å². The molecule has 0 spiro atoms. The molecule has 6 heteroatoms. The van der Waals surface area contributed by atoms with Gasteiger partial charge in [0.25, 0.3) is 0 Å². The number of aromatic nitrogens is 1. The zero-order chi connectivity index (χ0) is 17.6. The van der Waals surface area contributed by atoms with Crippen molar-refractivity contribution in [2.24, 2.45) is 0 Å². The highest BCUT2D eigenvalue weighted by molar-refractivity contribution is 6.30. The predicted octanol–water partition coefficient (Wildman–Crippen LogP) is 3.01. The summed E-state index contributed by atoms with van der Waals surface area (Å²) in [6.07, 6.45) is 9.38. The summed E-state index contributed by atoms with van der Waals surface area (Å²) in [4.78, 5) is 18.3. The number of hydrogen-bond donors (Lipinski definition) is 2. The van der Waals surface area contributed by atoms with Gasteiger partial charge in [-0.15, -0.1) is 0 Å². The second kappa shape index (κ2) is 7.85. The average molecular weight is 356 g/mol. The zero-order valence-corrected chi connectivity index (χ0v) is 14.3. The monoisotopic (exact) mass is 355 g/mol. The summed E-state index contributed by atoms with van der Waals surface area (Å²) in [5.74, 6) is -0.132. The van der Waals surface area contributed by atoms with E-state index in [1.165, 1.54) is 11.6 Å². The van der Waals surface area contributed by atoms with Gasteiger partial charge in [-0.25, -0.2) is 0 Å². The van der Waals surface area contributed by atoms with Crippen LogP contribution in [0.4, 0.5) is 0 Å². The number of phenols is 1. The molecule has 1 aromatic carbocycles. The van der Waals surface area contributed by atoms with E-state index in [1.807, 2.05) is 30.5 Å². The number of pyridine rings is 1. The highest BCUT2D eigenvalue weighted by atomic mass is 35.5. The molecule has 5 nitrogen and oxygen atoms in total. The first-order valence-electron chi connectivity index (χ1n) is 7.89. The number of nitrogens with zero attached hydrogens (tertiary/aromatic N) is 2. The Morgan fingerprint density at radius 1 is 1.28 bits per heavy atom. The van der Waals surface area contributed by atoms with Crippen molar-refractivity contribution >= 4 is 17.5 Å². The first-order chi connectivity index (χ1) is 12.1. The Morgan fingerprint density at radius 2 is 2.08 bits per heavy atom. The highest BCUT2D eigenvalue weighted by Crippen LogP contribution is 2.22. The zero-order valence-electron chi connectivity index (χ0n) is 13.5. The molecule has 3 rings (SSSR count). The van der Waals surface area contributed by atoms with Crippen LogP contribution >= 0.6 is 11.6 Å². The molecular formula is C19H18ClN3O2. The van der Waals surface area contributed by atoms with E-state index in [9.17, 15) is 9.90 Å². The van der Waals surface area contributed by atoms with Crippen molar-refractivity contribution in [3.8, 4) is 5.75 Å². The number of amides is 1. The number of nitrogens with one attached hydrogen (secondary N) is 1. The van der Waals surface area contributed by atoms with Crippen LogP contribution < -0.4 is 5.32 Å². The molecule has 2 aromatic rings. The largest absolute Gasteiger partial charge is 0.508 e. The maximum atomic E-state index is 12.2. The van der Waals surface area contributed by atoms with Crippen LogP contribution in [0.25, 0.3) is 0 Å². The van der Waals surface area contributed by atoms with Crippen molar-refractivity contribution in [2.45, 2.75) is 13.0 Å². The summed E-state index contributed by atoms with van der Waals surface area (Å²) in [5, 5.41) is 13.1. The van der Waals surface area contributed by atoms with E-state index in [-0.39, 0.29) is 18.1 Å². The van der Waals surface area contributed by atoms with Crippen molar-refractivity contribution in [3.05, 3.63) is 82.9 Å². The second-order valence-corrected chi connectivity index (χ2v) is 6.19. The molecule has 2 N–H and O–H groups in total. The maximum absolute atomic E-state index is 12.2. The molecule has 0 radical (unpaired) electrons. The SMILES string of the molecule is O=C(Cc1cc(Cl)ccc1O)NC1=CCN(Cc2ccncc2)C=C1. The summed E-state index contributed by atoms with van der Waals surface area (Å²) in [6.45, 7) is 1.49. The quantitative estimate of drug-likeness (QED) is 0.865. The lowest BCUT2D eigenvalue weighted by Crippen LogP contribution is -2.28. The Morgan fingerprint density at radius 3 is 2.80 bits per heavy atom. The van der Waals surface area contributed by atoms with Gasteiger partial charge in [0.15, 0.2) is 0 Å². The molecule has 0 unspecified atom stereocenters. The molecule has 1 amide bonds. The van der Waals surface area contributed by atoms with E-state index >= 15 is 0 Å². The molecule has 0 atom stereocenters. The van der Waals surface area contributed by atoms with Gasteiger partial charge >= 0.3 is 0 Å². The molecule has 1 aromatic heterocycles. The summed E-state index contributed by atoms with van der Waals surface area (Å²) >= 11 is 5.90. The minimum atomic E-state index is -0.198. The van der Waals surface area contributed by atoms with Gasteiger partial charge in [0, 0.05) is 48.0 Å². The number of aromatic hydroxyl groups is 1. The van der Waals surface area contributed by atoms with Gasteiger partial charge in [-0.2, -0.15) is 0 Å². The van der Waals surface area contributed by atoms with Crippen LogP contribution in [0.5, 0.6) is 5.75 Å². The molecule has 0 saturated carbocycles. The molecule has 128 valence electrons. The van der Waals surface area contributed by atoms with Crippen LogP contribution in [-0.2, 0) is 17.8 Å². The summed E-state index contributed by atoms with van der Waals surface area (Å²) in [5.41, 5.74) is 2.43. The number of halogens is 1. The number of allylic oxidation sites excluding steroid dienone is 1. The van der Waals surface area contributed by atoms with E-state index in [0.717, 1.165) is 12.2 Å². The maximum Gasteiger partial charge on any atom is 0.228 e. The molecule has 1 aliphatic heterocycles. The molecular weight excluding hydrogens is 338 g/mol. The lowest BCUT2D eigenvalue weighted by atomic mass is 10.1. The fourth-order valence-electron chi connectivity index (χ4n) is 2.54. The molecule has 0 aliphatic carbocycles. The van der Waals surface area contributed by atoms with Crippen molar-refractivity contribution in [3.63, 3.8) is 0 Å². The number of rotatable bonds is 5. The molecule has 2 heterocycles. The van der Waals surface area contributed by atoms with Gasteiger partial charge in [0.05, 0.1) is 6.42 Å². The minimum absolute atomic E-state index is 0.0660. The van der Waals surface area contributed by atoms with Crippen molar-refractivity contribution < 1.29 is 9.90 Å². The van der Waals surface area contributed by atoms with Gasteiger partial charge in [0.2, 0.25) is 5.91 Å². The summed E-state index contributed by atoms with van der Waals surface area (Å²) < 4.78 is 0. The van der Waals surface area contributed by atoms with Crippen LogP contribution in [0.15, 0.2) is 66.8 Å². The standard InChI is InChI=1S/C19H18ClN3O2/c20-16-1-2-18(24)15(11-16)12-19(25)22-17-5-9-23(10-6-17)13-14-3-7-21-8-4-14/h1-9,11,24H,10,12-13H2,(H,22,25). The first-order valence-corrected chi connectivity index (χ1v) is 8.26. The van der Waals surface area contributed by atoms with Crippen LogP contribution in [0.1, 0.15) is 11.1 Å². The van der Waals surface area contributed by atoms with E-state index < -0.39 is 0 Å². The Kier molecular flexibility index (Phi) is 5.36. The normalized spacial score (nSPS) is 13.5. The van der Waals surface area contributed by atoms with Gasteiger partial charge in [-0.05, 0) is 48.0 Å². The molecule has 25 heavy (non-hydrogen) atoms. The number of carbonyl (C=O) groups excluding carboxylic acids is 1. The van der Waals surface area contributed by atoms with Gasteiger partial charge in [-0.1, -0.05) is 11.6 Å². The van der Waals surface area contributed by atoms with E-state index in [2.05, 4.69) is 15.2 Å². The van der Waals surface area contributed by atoms with Gasteiger partial charge < -0.3 is 15.3 Å². The third-order valence-corrected chi connectivity index (χ3v) is 4.06. The Hall–Kier alpha value is -2.79. The van der Waals surface area contributed by atoms with E-state index in [0.29, 0.717) is 17.1 Å². The Balaban J connectivity index is 1.53. The van der Waals surface area contributed by atoms with Gasteiger partial charge in [-0.3, -0.25) is 9.78 Å². The Bertz CT molecular complexity index is 819. The fourth-order valence-corrected chi connectivity index (χ4v) is 2.73. The fraction of sp³-hybridized carbons (Fsp3) is 0.158. The third kappa shape index (κ3) is 4.84. The first kappa shape index (κ1) is 17.0. The summed E-state index contributed by atoms with van der Waals surface area (Å²) in [6, 6.07) is 8.63. The molecule has 1 aliphatic rings. The van der Waals surface area contributed by atoms with E-state index in [4.69, 9.17) is 11.6 Å². The second-order valence-electron chi connectivity index (χ2n) is 5.76. The predicted molar refractivity (Wildman–Crippen MR) is 96.8 cm³/mol. The van der Waals surface area contributed by atoms with E-state index in [1.54, 1.807) is 24.5 Å².